The van der Waals surface area contributed by atoms with E-state index in [1.807, 2.05) is 224 Å². The Morgan fingerprint density at radius 1 is 0.581 bits per heavy atom. The highest BCUT2D eigenvalue weighted by molar-refractivity contribution is 7.88. The molecule has 2 aliphatic heterocycles. The minimum Gasteiger partial charge on any atom is -0.361 e. The van der Waals surface area contributed by atoms with E-state index in [-0.39, 0.29) is 7.43 Å². The van der Waals surface area contributed by atoms with Crippen LogP contribution in [0.15, 0.2) is 230 Å². The maximum absolute atomic E-state index is 8.47. The molecule has 0 unspecified atom stereocenters. The molecule has 0 amide bonds. The number of imidazole rings is 3. The fraction of sp³-hybridized carbons (Fsp3) is 0.157. The zero-order chi connectivity index (χ0) is 63.2. The smallest absolute Gasteiger partial charge is 0.241 e. The zero-order valence-electron chi connectivity index (χ0n) is 50.2. The number of para-hydroxylation sites is 5. The lowest BCUT2D eigenvalue weighted by molar-refractivity contribution is -0.676. The van der Waals surface area contributed by atoms with Crippen molar-refractivity contribution in [2.45, 2.75) is 68.7 Å². The summed E-state index contributed by atoms with van der Waals surface area (Å²) in [6.07, 6.45) is 18.6. The van der Waals surface area contributed by atoms with Crippen molar-refractivity contribution < 1.29 is 4.57 Å². The maximum atomic E-state index is 8.47. The molecule has 4 aromatic heterocycles. The summed E-state index contributed by atoms with van der Waals surface area (Å²) in [5.74, 6) is 0. The van der Waals surface area contributed by atoms with Crippen LogP contribution < -0.4 is 4.57 Å². The monoisotopic (exact) mass is 1200 g/mol. The van der Waals surface area contributed by atoms with E-state index < -0.39 is 0 Å². The fourth-order valence-electron chi connectivity index (χ4n) is 7.01. The molecule has 0 radical (unpaired) electrons. The molecule has 0 fully saturated rings. The lowest BCUT2D eigenvalue weighted by Crippen LogP contribution is -2.27. The number of aryl methyl sites for hydroxylation is 8. The van der Waals surface area contributed by atoms with Gasteiger partial charge in [-0.05, 0) is 131 Å². The first-order valence-electron chi connectivity index (χ1n) is 26.9. The Hall–Kier alpha value is -10.1. The standard InChI is InChI=1S/7C8H7N.C5H8N2.2C4H6N2.CH4.HPS.H2S/c3*1-2-4-8-7(3-1)5-6-9-8;2*1-7-5-3-4-6-8(7)9-2;1-7-3-2-4-8(5-7)6-9;1-7-4-2-3-5-8(7)6-9;1-5-3-6-4-7(5)2;2*1-4-2-5-3-6-4;;1-2;/h2*1-4,6H,5H2;1-6,9H;2*3-6H,1H3;2*2-5H,1H3;3-4H,1-2H3;2*2-3H,1H3,(H,5,6);1H4;1H;1H2/p+1/i/hD. The summed E-state index contributed by atoms with van der Waals surface area (Å²) in [6, 6.07) is 61.1. The molecule has 86 heavy (non-hydrogen) atoms. The predicted octanol–water partition coefficient (Wildman–Crippen LogP) is 17.8. The highest BCUT2D eigenvalue weighted by Crippen LogP contribution is 2.23. The molecule has 4 N–H and O–H groups in total. The molecule has 6 heterocycles. The molecular formula is C70H77N13PS2+. The molecule has 0 bridgehead atoms. The summed E-state index contributed by atoms with van der Waals surface area (Å²) in [7, 11) is 4.56. The normalized spacial score (nSPS) is 9.62. The van der Waals surface area contributed by atoms with Crippen LogP contribution in [0.4, 0.5) is 22.7 Å². The van der Waals surface area contributed by atoms with Crippen molar-refractivity contribution in [2.24, 2.45) is 17.0 Å². The number of aromatic amines is 4. The Bertz CT molecular complexity index is 3580. The quantitative estimate of drug-likeness (QED) is 0.0671. The number of nitrogens with one attached hydrogen (secondary N) is 4. The highest BCUT2D eigenvalue weighted by atomic mass is 32.4. The van der Waals surface area contributed by atoms with Crippen molar-refractivity contribution in [3.05, 3.63) is 304 Å². The van der Waals surface area contributed by atoms with E-state index in [1.165, 1.54) is 27.7 Å². The molecule has 0 spiro atoms. The number of rotatable bonds is 0. The molecule has 438 valence electrons. The van der Waals surface area contributed by atoms with Gasteiger partial charge in [-0.2, -0.15) is 23.9 Å². The van der Waals surface area contributed by atoms with Gasteiger partial charge in [-0.1, -0.05) is 153 Å². The van der Waals surface area contributed by atoms with Gasteiger partial charge >= 0.3 is 0 Å². The predicted molar refractivity (Wildman–Crippen MR) is 368 cm³/mol. The Morgan fingerprint density at radius 2 is 1.06 bits per heavy atom. The van der Waals surface area contributed by atoms with Gasteiger partial charge in [-0.3, -0.25) is 9.98 Å². The number of nitriles is 2. The molecule has 11 aromatic rings. The Kier molecular flexibility index (Phi) is 37.2. The van der Waals surface area contributed by atoms with Gasteiger partial charge < -0.3 is 15.0 Å². The van der Waals surface area contributed by atoms with Gasteiger partial charge in [0.2, 0.25) is 6.33 Å². The second kappa shape index (κ2) is 44.5. The zero-order valence-corrected chi connectivity index (χ0v) is 51.9. The number of benzene rings is 7. The highest BCUT2D eigenvalue weighted by Gasteiger charge is 2.03. The third kappa shape index (κ3) is 29.2. The first-order chi connectivity index (χ1) is 41.8. The molecule has 0 aliphatic carbocycles. The third-order valence-corrected chi connectivity index (χ3v) is 11.8. The van der Waals surface area contributed by atoms with E-state index in [2.05, 4.69) is 132 Å². The third-order valence-electron chi connectivity index (χ3n) is 11.8. The van der Waals surface area contributed by atoms with Crippen LogP contribution in [-0.2, 0) is 31.7 Å². The molecule has 13 nitrogen and oxygen atoms in total. The number of aromatic nitrogens is 7. The minimum absolute atomic E-state index is 0. The molecule has 0 saturated carbocycles. The van der Waals surface area contributed by atoms with Gasteiger partial charge in [0.05, 0.1) is 68.6 Å². The maximum Gasteiger partial charge on any atom is 0.241 e. The molecule has 2 aliphatic rings. The molecule has 0 atom stereocenters. The summed E-state index contributed by atoms with van der Waals surface area (Å²) < 4.78 is 7.47. The van der Waals surface area contributed by atoms with Crippen molar-refractivity contribution in [2.75, 3.05) is 0 Å². The van der Waals surface area contributed by atoms with E-state index >= 15 is 0 Å². The fourth-order valence-corrected chi connectivity index (χ4v) is 7.01. The van der Waals surface area contributed by atoms with Crippen LogP contribution in [0.2, 0.25) is 0 Å². The van der Waals surface area contributed by atoms with Gasteiger partial charge in [-0.25, -0.2) is 29.2 Å². The van der Waals surface area contributed by atoms with E-state index in [0.29, 0.717) is 0 Å². The summed E-state index contributed by atoms with van der Waals surface area (Å²) in [5, 5.41) is 18.2. The average molecular weight is 1200 g/mol. The molecule has 7 aromatic carbocycles. The Labute approximate surface area is 524 Å². The van der Waals surface area contributed by atoms with Gasteiger partial charge in [0.15, 0.2) is 11.4 Å². The van der Waals surface area contributed by atoms with Gasteiger partial charge in [0, 0.05) is 67.7 Å². The SMILES string of the molecule is C.C1=Nc2ccccc2C1.C1=Nc2ccccc2C1.Cc1c[nH]c[n+]1C.Cc1cccc(C#N)c1.Cc1ccccc1C#N.Cc1cnc[nH]1.Cc1cnc[nH]1.P=S.[2H]S.[C-]#[N+]c1ccccc1C.[C-]#[N+]c1ccccc1C.c1ccc2[nH]ccc2c1. The van der Waals surface area contributed by atoms with Crippen LogP contribution in [0.25, 0.3) is 20.6 Å². The summed E-state index contributed by atoms with van der Waals surface area (Å²) in [4.78, 5) is 34.4. The second-order valence-electron chi connectivity index (χ2n) is 18.2. The number of aliphatic imine (C=N–C) groups is 2. The second-order valence-corrected chi connectivity index (χ2v) is 18.2. The number of hydrogen-bond donors (Lipinski definition) is 4. The summed E-state index contributed by atoms with van der Waals surface area (Å²) in [6.45, 7) is 27.2. The first-order valence-corrected chi connectivity index (χ1v) is 28.1. The average Bonchev–Trinajstić information content (AvgIpc) is 4.49. The number of nitrogens with zero attached hydrogens (tertiary/aromatic N) is 9. The van der Waals surface area contributed by atoms with E-state index in [9.17, 15) is 0 Å². The lowest BCUT2D eigenvalue weighted by atomic mass is 10.1. The van der Waals surface area contributed by atoms with Crippen molar-refractivity contribution in [1.29, 1.82) is 11.6 Å². The van der Waals surface area contributed by atoms with E-state index in [0.717, 1.165) is 80.4 Å². The Morgan fingerprint density at radius 3 is 1.40 bits per heavy atom. The summed E-state index contributed by atoms with van der Waals surface area (Å²) >= 11 is 6.67. The van der Waals surface area contributed by atoms with Gasteiger partial charge in [-0.15, -0.1) is 0 Å². The lowest BCUT2D eigenvalue weighted by Gasteiger charge is -1.91. The van der Waals surface area contributed by atoms with Crippen LogP contribution >= 0.6 is 21.4 Å². The van der Waals surface area contributed by atoms with Gasteiger partial charge in [0.25, 0.3) is 0 Å². The summed E-state index contributed by atoms with van der Waals surface area (Å²) in [5.41, 5.74) is 16.9. The van der Waals surface area contributed by atoms with Crippen molar-refractivity contribution >= 4 is 79.3 Å². The van der Waals surface area contributed by atoms with Crippen molar-refractivity contribution in [3.63, 3.8) is 0 Å². The topological polar surface area (TPSA) is 174 Å². The van der Waals surface area contributed by atoms with Gasteiger partial charge in [0.1, 0.15) is 11.9 Å². The number of hydrogen-bond acceptors (Lipinski definition) is 7. The molecule has 16 heteroatoms. The molecule has 0 saturated heterocycles. The first kappa shape index (κ1) is 72.0. The van der Waals surface area contributed by atoms with E-state index in [1.54, 1.807) is 31.1 Å². The van der Waals surface area contributed by atoms with Crippen LogP contribution in [0, 0.1) is 84.3 Å². The van der Waals surface area contributed by atoms with Crippen LogP contribution in [0.3, 0.4) is 0 Å². The Balaban J connectivity index is 0.000000481. The number of H-pyrrole nitrogens is 4. The molecular weight excluding hydrogens is 1120 g/mol. The van der Waals surface area contributed by atoms with E-state index in [4.69, 9.17) is 24.8 Å². The largest absolute Gasteiger partial charge is 0.361 e. The van der Waals surface area contributed by atoms with Crippen molar-refractivity contribution in [3.8, 4) is 12.1 Å². The van der Waals surface area contributed by atoms with Crippen LogP contribution in [0.1, 0.15) is 69.0 Å². The number of fused-ring (bicyclic) bond motifs is 3. The minimum atomic E-state index is 0. The van der Waals surface area contributed by atoms with Crippen LogP contribution in [0.5, 0.6) is 0 Å². The van der Waals surface area contributed by atoms with Crippen LogP contribution in [-0.4, -0.2) is 43.5 Å². The molecule has 13 rings (SSSR count). The van der Waals surface area contributed by atoms with Crippen molar-refractivity contribution in [1.82, 2.24) is 29.9 Å².